The molecule has 1 aromatic rings. The minimum atomic E-state index is -1.06. The lowest BCUT2D eigenvalue weighted by molar-refractivity contribution is -0.166. The zero-order valence-corrected chi connectivity index (χ0v) is 13.1. The van der Waals surface area contributed by atoms with E-state index in [4.69, 9.17) is 9.47 Å². The van der Waals surface area contributed by atoms with Crippen LogP contribution in [0.3, 0.4) is 0 Å². The maximum atomic E-state index is 12.4. The van der Waals surface area contributed by atoms with Gasteiger partial charge in [0.25, 0.3) is 0 Å². The second-order valence-corrected chi connectivity index (χ2v) is 6.08. The summed E-state index contributed by atoms with van der Waals surface area (Å²) in [5.41, 5.74) is -0.0524. The minimum absolute atomic E-state index is 0.495. The summed E-state index contributed by atoms with van der Waals surface area (Å²) in [7, 11) is 0. The molecule has 0 fully saturated rings. The van der Waals surface area contributed by atoms with Crippen LogP contribution in [0.4, 0.5) is 4.79 Å². The summed E-state index contributed by atoms with van der Waals surface area (Å²) in [5, 5.41) is 0. The summed E-state index contributed by atoms with van der Waals surface area (Å²) in [6.45, 7) is 6.32. The molecule has 1 amide bonds. The van der Waals surface area contributed by atoms with E-state index in [0.717, 1.165) is 0 Å². The van der Waals surface area contributed by atoms with E-state index < -0.39 is 23.8 Å². The lowest BCUT2D eigenvalue weighted by atomic mass is 10.1. The van der Waals surface area contributed by atoms with Crippen LogP contribution in [0.15, 0.2) is 42.5 Å². The van der Waals surface area contributed by atoms with E-state index in [2.05, 4.69) is 0 Å². The van der Waals surface area contributed by atoms with E-state index in [1.807, 2.05) is 18.2 Å². The lowest BCUT2D eigenvalue weighted by Gasteiger charge is -2.25. The molecule has 5 heteroatoms. The van der Waals surface area contributed by atoms with Crippen LogP contribution in [0.5, 0.6) is 0 Å². The summed E-state index contributed by atoms with van der Waals surface area (Å²) in [6.07, 6.45) is 2.18. The monoisotopic (exact) mass is 303 g/mol. The predicted molar refractivity (Wildman–Crippen MR) is 82.2 cm³/mol. The molecule has 1 heterocycles. The van der Waals surface area contributed by atoms with Gasteiger partial charge in [-0.05, 0) is 20.8 Å². The fourth-order valence-corrected chi connectivity index (χ4v) is 2.04. The molecule has 0 bridgehead atoms. The van der Waals surface area contributed by atoms with Crippen LogP contribution >= 0.6 is 0 Å². The molecule has 0 unspecified atom stereocenters. The summed E-state index contributed by atoms with van der Waals surface area (Å²) in [6, 6.07) is 8.89. The highest BCUT2D eigenvalue weighted by atomic mass is 16.6. The lowest BCUT2D eigenvalue weighted by Crippen LogP contribution is -2.34. The Hall–Kier alpha value is -2.30. The first kappa shape index (κ1) is 16.1. The van der Waals surface area contributed by atoms with Crippen LogP contribution in [0.1, 0.15) is 32.4 Å². The molecule has 0 aromatic heterocycles. The largest absolute Gasteiger partial charge is 0.457 e. The smallest absolute Gasteiger partial charge is 0.411 e. The Morgan fingerprint density at radius 2 is 1.68 bits per heavy atom. The van der Waals surface area contributed by atoms with Crippen molar-refractivity contribution in [1.29, 1.82) is 0 Å². The van der Waals surface area contributed by atoms with Crippen molar-refractivity contribution < 1.29 is 19.1 Å². The van der Waals surface area contributed by atoms with Gasteiger partial charge in [-0.3, -0.25) is 0 Å². The highest BCUT2D eigenvalue weighted by molar-refractivity contribution is 5.80. The van der Waals surface area contributed by atoms with Crippen LogP contribution in [-0.4, -0.2) is 35.7 Å². The molecule has 0 aliphatic carbocycles. The molecule has 0 radical (unpaired) electrons. The van der Waals surface area contributed by atoms with E-state index in [-0.39, 0.29) is 0 Å². The number of rotatable bonds is 3. The molecule has 1 atom stereocenters. The van der Waals surface area contributed by atoms with Gasteiger partial charge in [0, 0.05) is 18.7 Å². The number of nitrogens with zero attached hydrogens (tertiary/aromatic N) is 1. The molecule has 1 aliphatic rings. The quantitative estimate of drug-likeness (QED) is 0.636. The Bertz CT molecular complexity index is 552. The zero-order valence-electron chi connectivity index (χ0n) is 13.1. The SMILES string of the molecule is CC(C)(C)OC(=O)[C@H](OC(=O)N1CC=CC1)c1ccccc1. The van der Waals surface area contributed by atoms with Gasteiger partial charge in [-0.1, -0.05) is 42.5 Å². The Labute approximate surface area is 130 Å². The van der Waals surface area contributed by atoms with Crippen molar-refractivity contribution in [3.8, 4) is 0 Å². The third-order valence-electron chi connectivity index (χ3n) is 3.02. The molecule has 1 aliphatic heterocycles. The summed E-state index contributed by atoms with van der Waals surface area (Å²) in [4.78, 5) is 26.0. The number of ether oxygens (including phenoxy) is 2. The van der Waals surface area contributed by atoms with Crippen molar-refractivity contribution >= 4 is 12.1 Å². The van der Waals surface area contributed by atoms with E-state index in [0.29, 0.717) is 18.7 Å². The molecule has 0 N–H and O–H groups in total. The van der Waals surface area contributed by atoms with Crippen LogP contribution in [0, 0.1) is 0 Å². The van der Waals surface area contributed by atoms with E-state index in [1.54, 1.807) is 45.0 Å². The van der Waals surface area contributed by atoms with Gasteiger partial charge in [0.2, 0.25) is 6.10 Å². The van der Waals surface area contributed by atoms with Gasteiger partial charge in [-0.2, -0.15) is 0 Å². The Kier molecular flexibility index (Phi) is 4.85. The zero-order chi connectivity index (χ0) is 16.2. The van der Waals surface area contributed by atoms with Crippen molar-refractivity contribution in [2.45, 2.75) is 32.5 Å². The first-order valence-electron chi connectivity index (χ1n) is 7.25. The maximum Gasteiger partial charge on any atom is 0.411 e. The number of benzene rings is 1. The van der Waals surface area contributed by atoms with Crippen LogP contribution < -0.4 is 0 Å². The molecule has 2 rings (SSSR count). The van der Waals surface area contributed by atoms with Gasteiger partial charge in [-0.25, -0.2) is 9.59 Å². The highest BCUT2D eigenvalue weighted by Gasteiger charge is 2.31. The standard InChI is InChI=1S/C17H21NO4/c1-17(2,3)22-15(19)14(13-9-5-4-6-10-13)21-16(20)18-11-7-8-12-18/h4-10,14H,11-12H2,1-3H3/t14-/m1/s1. The Morgan fingerprint density at radius 3 is 2.23 bits per heavy atom. The minimum Gasteiger partial charge on any atom is -0.457 e. The third-order valence-corrected chi connectivity index (χ3v) is 3.02. The van der Waals surface area contributed by atoms with Gasteiger partial charge < -0.3 is 14.4 Å². The fourth-order valence-electron chi connectivity index (χ4n) is 2.04. The normalized spacial score (nSPS) is 15.5. The Balaban J connectivity index is 2.14. The average molecular weight is 303 g/mol. The number of esters is 1. The number of carbonyl (C=O) groups excluding carboxylic acids is 2. The predicted octanol–water partition coefficient (Wildman–Crippen LogP) is 3.08. The molecule has 0 spiro atoms. The van der Waals surface area contributed by atoms with E-state index >= 15 is 0 Å². The molecule has 1 aromatic carbocycles. The topological polar surface area (TPSA) is 55.8 Å². The summed E-state index contributed by atoms with van der Waals surface area (Å²) < 4.78 is 10.8. The number of hydrogen-bond acceptors (Lipinski definition) is 4. The number of hydrogen-bond donors (Lipinski definition) is 0. The Morgan fingerprint density at radius 1 is 1.09 bits per heavy atom. The van der Waals surface area contributed by atoms with Crippen molar-refractivity contribution in [1.82, 2.24) is 4.90 Å². The van der Waals surface area contributed by atoms with Crippen molar-refractivity contribution in [3.63, 3.8) is 0 Å². The van der Waals surface area contributed by atoms with Gasteiger partial charge >= 0.3 is 12.1 Å². The van der Waals surface area contributed by atoms with Crippen LogP contribution in [0.2, 0.25) is 0 Å². The van der Waals surface area contributed by atoms with Gasteiger partial charge in [0.05, 0.1) is 0 Å². The van der Waals surface area contributed by atoms with E-state index in [9.17, 15) is 9.59 Å². The first-order chi connectivity index (χ1) is 10.4. The second kappa shape index (κ2) is 6.64. The second-order valence-electron chi connectivity index (χ2n) is 6.08. The molecular weight excluding hydrogens is 282 g/mol. The highest BCUT2D eigenvalue weighted by Crippen LogP contribution is 2.23. The van der Waals surface area contributed by atoms with Crippen molar-refractivity contribution in [3.05, 3.63) is 48.0 Å². The molecule has 22 heavy (non-hydrogen) atoms. The van der Waals surface area contributed by atoms with Crippen LogP contribution in [0.25, 0.3) is 0 Å². The van der Waals surface area contributed by atoms with Crippen LogP contribution in [-0.2, 0) is 14.3 Å². The molecule has 5 nitrogen and oxygen atoms in total. The van der Waals surface area contributed by atoms with Gasteiger partial charge in [-0.15, -0.1) is 0 Å². The summed E-state index contributed by atoms with van der Waals surface area (Å²) >= 11 is 0. The number of carbonyl (C=O) groups is 2. The molecule has 0 saturated carbocycles. The average Bonchev–Trinajstić information content (AvgIpc) is 2.97. The third kappa shape index (κ3) is 4.35. The molecule has 118 valence electrons. The fraction of sp³-hybridized carbons (Fsp3) is 0.412. The van der Waals surface area contributed by atoms with Gasteiger partial charge in [0.15, 0.2) is 0 Å². The maximum absolute atomic E-state index is 12.4. The van der Waals surface area contributed by atoms with Crippen molar-refractivity contribution in [2.75, 3.05) is 13.1 Å². The summed E-state index contributed by atoms with van der Waals surface area (Å²) in [5.74, 6) is -0.570. The van der Waals surface area contributed by atoms with Gasteiger partial charge in [0.1, 0.15) is 5.60 Å². The van der Waals surface area contributed by atoms with Crippen molar-refractivity contribution in [2.24, 2.45) is 0 Å². The molecular formula is C17H21NO4. The van der Waals surface area contributed by atoms with E-state index in [1.165, 1.54) is 4.90 Å². The number of amides is 1. The molecule has 0 saturated heterocycles. The first-order valence-corrected chi connectivity index (χ1v) is 7.25.